The Morgan fingerprint density at radius 2 is 1.97 bits per heavy atom. The molecule has 32 heavy (non-hydrogen) atoms. The molecule has 0 bridgehead atoms. The largest absolute Gasteiger partial charge is 0.378 e. The third-order valence-corrected chi connectivity index (χ3v) is 7.45. The summed E-state index contributed by atoms with van der Waals surface area (Å²) >= 11 is 1.77. The minimum atomic E-state index is 0.0582. The van der Waals surface area contributed by atoms with Crippen LogP contribution >= 0.6 is 11.3 Å². The Labute approximate surface area is 193 Å². The SMILES string of the molecule is Cc1cc(C)cc(-c2[nH]c3sccc3c2CCN2CCC(NC(=O)N3CCOCC3)C2)c1. The molecule has 2 aliphatic heterocycles. The standard InChI is InChI=1S/C25H32N4O2S/c1-17-13-18(2)15-19(14-17)23-21(22-5-12-32-24(22)27-23)4-7-28-6-3-20(16-28)26-25(30)29-8-10-31-11-9-29/h5,12-15,20,27H,3-4,6-11,16H2,1-2H3,(H,26,30). The van der Waals surface area contributed by atoms with Crippen LogP contribution in [-0.2, 0) is 11.2 Å². The van der Waals surface area contributed by atoms with Gasteiger partial charge < -0.3 is 24.8 Å². The van der Waals surface area contributed by atoms with Crippen LogP contribution < -0.4 is 5.32 Å². The molecule has 2 aromatic heterocycles. The molecule has 2 amide bonds. The van der Waals surface area contributed by atoms with E-state index in [0.29, 0.717) is 26.3 Å². The fourth-order valence-corrected chi connectivity index (χ4v) is 5.87. The van der Waals surface area contributed by atoms with Gasteiger partial charge in [-0.2, -0.15) is 0 Å². The first-order chi connectivity index (χ1) is 15.6. The number of morpholine rings is 1. The second-order valence-corrected chi connectivity index (χ2v) is 10.0. The number of aryl methyl sites for hydroxylation is 2. The van der Waals surface area contributed by atoms with Crippen molar-refractivity contribution in [3.8, 4) is 11.3 Å². The molecule has 0 saturated carbocycles. The zero-order chi connectivity index (χ0) is 22.1. The van der Waals surface area contributed by atoms with Crippen molar-refractivity contribution >= 4 is 27.6 Å². The molecule has 4 heterocycles. The molecule has 170 valence electrons. The van der Waals surface area contributed by atoms with Crippen molar-refractivity contribution in [3.63, 3.8) is 0 Å². The zero-order valence-corrected chi connectivity index (χ0v) is 19.8. The summed E-state index contributed by atoms with van der Waals surface area (Å²) in [4.78, 5) is 21.8. The van der Waals surface area contributed by atoms with Crippen LogP contribution in [0.15, 0.2) is 29.6 Å². The molecule has 2 saturated heterocycles. The smallest absolute Gasteiger partial charge is 0.317 e. The monoisotopic (exact) mass is 452 g/mol. The predicted molar refractivity (Wildman–Crippen MR) is 131 cm³/mol. The highest BCUT2D eigenvalue weighted by atomic mass is 32.1. The summed E-state index contributed by atoms with van der Waals surface area (Å²) in [5.74, 6) is 0. The summed E-state index contributed by atoms with van der Waals surface area (Å²) in [7, 11) is 0. The number of urea groups is 1. The molecular weight excluding hydrogens is 420 g/mol. The quantitative estimate of drug-likeness (QED) is 0.611. The van der Waals surface area contributed by atoms with Gasteiger partial charge in [0.1, 0.15) is 4.83 Å². The Balaban J connectivity index is 1.25. The number of hydrogen-bond acceptors (Lipinski definition) is 4. The van der Waals surface area contributed by atoms with Crippen molar-refractivity contribution in [2.75, 3.05) is 45.9 Å². The van der Waals surface area contributed by atoms with E-state index in [2.05, 4.69) is 58.7 Å². The van der Waals surface area contributed by atoms with Gasteiger partial charge in [0.15, 0.2) is 0 Å². The average molecular weight is 453 g/mol. The Kier molecular flexibility index (Phi) is 6.22. The lowest BCUT2D eigenvalue weighted by Crippen LogP contribution is -2.49. The average Bonchev–Trinajstić information content (AvgIpc) is 3.49. The normalized spacial score (nSPS) is 19.7. The van der Waals surface area contributed by atoms with Gasteiger partial charge in [0.2, 0.25) is 0 Å². The lowest BCUT2D eigenvalue weighted by atomic mass is 10.00. The number of ether oxygens (including phenoxy) is 1. The van der Waals surface area contributed by atoms with Crippen LogP contribution in [0.5, 0.6) is 0 Å². The van der Waals surface area contributed by atoms with E-state index in [1.165, 1.54) is 38.2 Å². The number of amides is 2. The van der Waals surface area contributed by atoms with E-state index < -0.39 is 0 Å². The number of nitrogens with one attached hydrogen (secondary N) is 2. The van der Waals surface area contributed by atoms with E-state index in [4.69, 9.17) is 4.74 Å². The Hall–Kier alpha value is -2.35. The van der Waals surface area contributed by atoms with Crippen molar-refractivity contribution in [2.24, 2.45) is 0 Å². The van der Waals surface area contributed by atoms with Gasteiger partial charge in [-0.3, -0.25) is 0 Å². The van der Waals surface area contributed by atoms with Crippen LogP contribution in [0, 0.1) is 13.8 Å². The summed E-state index contributed by atoms with van der Waals surface area (Å²) in [6.07, 6.45) is 2.02. The molecule has 6 nitrogen and oxygen atoms in total. The maximum atomic E-state index is 12.5. The number of H-pyrrole nitrogens is 1. The van der Waals surface area contributed by atoms with E-state index >= 15 is 0 Å². The minimum Gasteiger partial charge on any atom is -0.378 e. The van der Waals surface area contributed by atoms with Crippen molar-refractivity contribution < 1.29 is 9.53 Å². The molecule has 0 spiro atoms. The minimum absolute atomic E-state index is 0.0582. The van der Waals surface area contributed by atoms with Crippen molar-refractivity contribution in [1.82, 2.24) is 20.1 Å². The van der Waals surface area contributed by atoms with Crippen LogP contribution in [-0.4, -0.2) is 72.8 Å². The maximum absolute atomic E-state index is 12.5. The molecule has 0 radical (unpaired) electrons. The van der Waals surface area contributed by atoms with Gasteiger partial charge in [0.05, 0.1) is 18.9 Å². The lowest BCUT2D eigenvalue weighted by Gasteiger charge is -2.28. The van der Waals surface area contributed by atoms with Gasteiger partial charge in [0.25, 0.3) is 0 Å². The number of hydrogen-bond donors (Lipinski definition) is 2. The first-order valence-electron chi connectivity index (χ1n) is 11.6. The molecule has 5 rings (SSSR count). The number of carbonyl (C=O) groups excluding carboxylic acids is 1. The second kappa shape index (κ2) is 9.25. The topological polar surface area (TPSA) is 60.6 Å². The fraction of sp³-hybridized carbons (Fsp3) is 0.480. The highest BCUT2D eigenvalue weighted by molar-refractivity contribution is 7.16. The predicted octanol–water partition coefficient (Wildman–Crippen LogP) is 4.17. The number of thiophene rings is 1. The maximum Gasteiger partial charge on any atom is 0.317 e. The highest BCUT2D eigenvalue weighted by Gasteiger charge is 2.26. The molecule has 3 aromatic rings. The third kappa shape index (κ3) is 4.56. The number of fused-ring (bicyclic) bond motifs is 1. The number of likely N-dealkylation sites (tertiary alicyclic amines) is 1. The van der Waals surface area contributed by atoms with E-state index in [9.17, 15) is 4.79 Å². The van der Waals surface area contributed by atoms with E-state index in [1.54, 1.807) is 11.3 Å². The third-order valence-electron chi connectivity index (χ3n) is 6.62. The second-order valence-electron chi connectivity index (χ2n) is 9.10. The highest BCUT2D eigenvalue weighted by Crippen LogP contribution is 2.34. The molecule has 7 heteroatoms. The molecule has 2 fully saturated rings. The van der Waals surface area contributed by atoms with E-state index in [-0.39, 0.29) is 12.1 Å². The van der Waals surface area contributed by atoms with Crippen LogP contribution in [0.2, 0.25) is 0 Å². The van der Waals surface area contributed by atoms with Gasteiger partial charge >= 0.3 is 6.03 Å². The molecule has 1 atom stereocenters. The van der Waals surface area contributed by atoms with Crippen molar-refractivity contribution in [2.45, 2.75) is 32.7 Å². The van der Waals surface area contributed by atoms with E-state index in [0.717, 1.165) is 32.5 Å². The summed E-state index contributed by atoms with van der Waals surface area (Å²) < 4.78 is 5.35. The van der Waals surface area contributed by atoms with Gasteiger partial charge in [-0.05, 0) is 61.4 Å². The molecular formula is C25H32N4O2S. The van der Waals surface area contributed by atoms with Crippen molar-refractivity contribution in [1.29, 1.82) is 0 Å². The van der Waals surface area contributed by atoms with Gasteiger partial charge in [-0.1, -0.05) is 17.2 Å². The lowest BCUT2D eigenvalue weighted by molar-refractivity contribution is 0.0525. The number of benzene rings is 1. The Bertz CT molecular complexity index is 1080. The number of aromatic amines is 1. The summed E-state index contributed by atoms with van der Waals surface area (Å²) in [6.45, 7) is 9.94. The van der Waals surface area contributed by atoms with Crippen LogP contribution in [0.25, 0.3) is 21.5 Å². The first kappa shape index (κ1) is 21.5. The Morgan fingerprint density at radius 1 is 1.19 bits per heavy atom. The summed E-state index contributed by atoms with van der Waals surface area (Å²) in [6, 6.07) is 9.31. The number of carbonyl (C=O) groups is 1. The van der Waals surface area contributed by atoms with Gasteiger partial charge in [0, 0.05) is 44.2 Å². The first-order valence-corrected chi connectivity index (χ1v) is 12.5. The van der Waals surface area contributed by atoms with Crippen LogP contribution in [0.4, 0.5) is 4.79 Å². The number of nitrogens with zero attached hydrogens (tertiary/aromatic N) is 2. The number of rotatable bonds is 5. The molecule has 1 unspecified atom stereocenters. The molecule has 1 aromatic carbocycles. The zero-order valence-electron chi connectivity index (χ0n) is 18.9. The van der Waals surface area contributed by atoms with Gasteiger partial charge in [-0.15, -0.1) is 11.3 Å². The van der Waals surface area contributed by atoms with Crippen LogP contribution in [0.1, 0.15) is 23.1 Å². The molecule has 2 aliphatic rings. The van der Waals surface area contributed by atoms with E-state index in [1.807, 2.05) is 4.90 Å². The summed E-state index contributed by atoms with van der Waals surface area (Å²) in [5, 5.41) is 6.75. The molecule has 0 aliphatic carbocycles. The van der Waals surface area contributed by atoms with Gasteiger partial charge in [-0.25, -0.2) is 4.79 Å². The summed E-state index contributed by atoms with van der Waals surface area (Å²) in [5.41, 5.74) is 6.53. The fourth-order valence-electron chi connectivity index (χ4n) is 5.05. The Morgan fingerprint density at radius 3 is 2.75 bits per heavy atom. The molecule has 2 N–H and O–H groups in total. The van der Waals surface area contributed by atoms with Crippen molar-refractivity contribution in [3.05, 3.63) is 46.3 Å². The number of aromatic nitrogens is 1. The van der Waals surface area contributed by atoms with Crippen LogP contribution in [0.3, 0.4) is 0 Å².